The third-order valence-electron chi connectivity index (χ3n) is 2.46. The van der Waals surface area contributed by atoms with E-state index in [0.29, 0.717) is 29.6 Å². The van der Waals surface area contributed by atoms with E-state index < -0.39 is 0 Å². The van der Waals surface area contributed by atoms with Gasteiger partial charge in [0.1, 0.15) is 0 Å². The number of halogens is 2. The van der Waals surface area contributed by atoms with Gasteiger partial charge in [-0.1, -0.05) is 29.3 Å². The van der Waals surface area contributed by atoms with Gasteiger partial charge in [0.25, 0.3) is 5.91 Å². The molecule has 7 heteroatoms. The summed E-state index contributed by atoms with van der Waals surface area (Å²) in [6.07, 6.45) is 3.28. The Labute approximate surface area is 126 Å². The third kappa shape index (κ3) is 3.82. The molecule has 20 heavy (non-hydrogen) atoms. The summed E-state index contributed by atoms with van der Waals surface area (Å²) in [6, 6.07) is 6.67. The largest absolute Gasteiger partial charge is 0.352 e. The van der Waals surface area contributed by atoms with Crippen LogP contribution in [0.25, 0.3) is 0 Å². The van der Waals surface area contributed by atoms with Crippen LogP contribution in [0.1, 0.15) is 10.4 Å². The van der Waals surface area contributed by atoms with Gasteiger partial charge in [-0.2, -0.15) is 0 Å². The summed E-state index contributed by atoms with van der Waals surface area (Å²) < 4.78 is 0. The second-order valence-electron chi connectivity index (χ2n) is 3.86. The van der Waals surface area contributed by atoms with E-state index >= 15 is 0 Å². The van der Waals surface area contributed by atoms with Crippen molar-refractivity contribution >= 4 is 35.1 Å². The Hall–Kier alpha value is -1.85. The van der Waals surface area contributed by atoms with Crippen molar-refractivity contribution in [2.24, 2.45) is 0 Å². The van der Waals surface area contributed by atoms with Crippen molar-refractivity contribution < 1.29 is 4.79 Å². The average molecular weight is 311 g/mol. The minimum absolute atomic E-state index is 0.256. The summed E-state index contributed by atoms with van der Waals surface area (Å²) in [5.74, 6) is 0.246. The maximum Gasteiger partial charge on any atom is 0.252 e. The summed E-state index contributed by atoms with van der Waals surface area (Å²) in [4.78, 5) is 19.9. The fourth-order valence-electron chi connectivity index (χ4n) is 1.52. The van der Waals surface area contributed by atoms with Crippen LogP contribution in [0.5, 0.6) is 0 Å². The van der Waals surface area contributed by atoms with E-state index in [-0.39, 0.29) is 10.9 Å². The molecule has 1 aromatic carbocycles. The Morgan fingerprint density at radius 1 is 1.10 bits per heavy atom. The summed E-state index contributed by atoms with van der Waals surface area (Å²) >= 11 is 11.8. The summed E-state index contributed by atoms with van der Waals surface area (Å²) in [5, 5.41) is 6.33. The lowest BCUT2D eigenvalue weighted by molar-refractivity contribution is 0.0955. The van der Waals surface area contributed by atoms with Gasteiger partial charge in [0.05, 0.1) is 15.6 Å². The standard InChI is InChI=1S/C13H12Cl2N4O/c14-10-4-1-3-9(11(10)15)12(20)16-7-8-19-13-17-5-2-6-18-13/h1-6H,7-8H2,(H,16,20)(H,17,18,19). The highest BCUT2D eigenvalue weighted by molar-refractivity contribution is 6.43. The first-order valence-corrected chi connectivity index (χ1v) is 6.67. The van der Waals surface area contributed by atoms with Gasteiger partial charge in [-0.25, -0.2) is 9.97 Å². The lowest BCUT2D eigenvalue weighted by Crippen LogP contribution is -2.29. The van der Waals surface area contributed by atoms with E-state index in [0.717, 1.165) is 0 Å². The molecule has 0 aliphatic heterocycles. The maximum atomic E-state index is 11.9. The zero-order chi connectivity index (χ0) is 14.4. The normalized spacial score (nSPS) is 10.1. The van der Waals surface area contributed by atoms with Gasteiger partial charge in [0.15, 0.2) is 0 Å². The number of anilines is 1. The summed E-state index contributed by atoms with van der Waals surface area (Å²) in [6.45, 7) is 0.924. The van der Waals surface area contributed by atoms with E-state index in [1.165, 1.54) is 0 Å². The molecular weight excluding hydrogens is 299 g/mol. The molecule has 0 unspecified atom stereocenters. The number of hydrogen-bond donors (Lipinski definition) is 2. The first-order valence-electron chi connectivity index (χ1n) is 5.91. The monoisotopic (exact) mass is 310 g/mol. The number of nitrogens with one attached hydrogen (secondary N) is 2. The zero-order valence-electron chi connectivity index (χ0n) is 10.4. The van der Waals surface area contributed by atoms with Crippen molar-refractivity contribution in [2.75, 3.05) is 18.4 Å². The highest BCUT2D eigenvalue weighted by Crippen LogP contribution is 2.25. The molecule has 0 radical (unpaired) electrons. The number of amides is 1. The van der Waals surface area contributed by atoms with Crippen LogP contribution in [0.15, 0.2) is 36.7 Å². The molecule has 0 aliphatic rings. The second-order valence-corrected chi connectivity index (χ2v) is 4.64. The fraction of sp³-hybridized carbons (Fsp3) is 0.154. The molecular formula is C13H12Cl2N4O. The molecule has 1 aromatic heterocycles. The van der Waals surface area contributed by atoms with Gasteiger partial charge >= 0.3 is 0 Å². The van der Waals surface area contributed by atoms with E-state index in [2.05, 4.69) is 20.6 Å². The smallest absolute Gasteiger partial charge is 0.252 e. The van der Waals surface area contributed by atoms with Crippen LogP contribution in [0, 0.1) is 0 Å². The van der Waals surface area contributed by atoms with Crippen LogP contribution < -0.4 is 10.6 Å². The Kier molecular flexibility index (Phi) is 5.15. The molecule has 0 saturated heterocycles. The van der Waals surface area contributed by atoms with E-state index in [1.807, 2.05) is 0 Å². The second kappa shape index (κ2) is 7.07. The molecule has 1 amide bonds. The fourth-order valence-corrected chi connectivity index (χ4v) is 1.90. The summed E-state index contributed by atoms with van der Waals surface area (Å²) in [5.41, 5.74) is 0.357. The van der Waals surface area contributed by atoms with Gasteiger partial charge in [-0.15, -0.1) is 0 Å². The van der Waals surface area contributed by atoms with Crippen LogP contribution in [0.3, 0.4) is 0 Å². The molecule has 5 nitrogen and oxygen atoms in total. The summed E-state index contributed by atoms with van der Waals surface area (Å²) in [7, 11) is 0. The Morgan fingerprint density at radius 3 is 2.60 bits per heavy atom. The van der Waals surface area contributed by atoms with E-state index in [1.54, 1.807) is 36.7 Å². The molecule has 0 bridgehead atoms. The number of benzene rings is 1. The Balaban J connectivity index is 1.82. The van der Waals surface area contributed by atoms with Crippen molar-refractivity contribution in [3.63, 3.8) is 0 Å². The lowest BCUT2D eigenvalue weighted by atomic mass is 10.2. The van der Waals surface area contributed by atoms with Crippen LogP contribution in [0.2, 0.25) is 10.0 Å². The van der Waals surface area contributed by atoms with Crippen molar-refractivity contribution in [1.82, 2.24) is 15.3 Å². The minimum atomic E-state index is -0.270. The van der Waals surface area contributed by atoms with Gasteiger partial charge in [0.2, 0.25) is 5.95 Å². The number of carbonyl (C=O) groups is 1. The average Bonchev–Trinajstić information content (AvgIpc) is 2.47. The zero-order valence-corrected chi connectivity index (χ0v) is 11.9. The van der Waals surface area contributed by atoms with Gasteiger partial charge in [-0.3, -0.25) is 4.79 Å². The molecule has 0 atom stereocenters. The van der Waals surface area contributed by atoms with Gasteiger partial charge in [0, 0.05) is 25.5 Å². The number of carbonyl (C=O) groups excluding carboxylic acids is 1. The van der Waals surface area contributed by atoms with E-state index in [4.69, 9.17) is 23.2 Å². The molecule has 104 valence electrons. The number of nitrogens with zero attached hydrogens (tertiary/aromatic N) is 2. The van der Waals surface area contributed by atoms with Crippen LogP contribution in [-0.2, 0) is 0 Å². The molecule has 0 fully saturated rings. The topological polar surface area (TPSA) is 66.9 Å². The molecule has 0 saturated carbocycles. The van der Waals surface area contributed by atoms with Crippen molar-refractivity contribution in [2.45, 2.75) is 0 Å². The third-order valence-corrected chi connectivity index (χ3v) is 3.27. The van der Waals surface area contributed by atoms with Crippen molar-refractivity contribution in [3.05, 3.63) is 52.3 Å². The molecule has 0 spiro atoms. The number of rotatable bonds is 5. The predicted octanol–water partition coefficient (Wildman–Crippen LogP) is 2.63. The van der Waals surface area contributed by atoms with E-state index in [9.17, 15) is 4.79 Å². The maximum absolute atomic E-state index is 11.9. The molecule has 2 N–H and O–H groups in total. The van der Waals surface area contributed by atoms with Gasteiger partial charge < -0.3 is 10.6 Å². The molecule has 2 rings (SSSR count). The molecule has 0 aliphatic carbocycles. The number of aromatic nitrogens is 2. The molecule has 2 aromatic rings. The van der Waals surface area contributed by atoms with Gasteiger partial charge in [-0.05, 0) is 18.2 Å². The lowest BCUT2D eigenvalue weighted by Gasteiger charge is -2.08. The minimum Gasteiger partial charge on any atom is -0.352 e. The van der Waals surface area contributed by atoms with Crippen molar-refractivity contribution in [1.29, 1.82) is 0 Å². The predicted molar refractivity (Wildman–Crippen MR) is 79.3 cm³/mol. The van der Waals surface area contributed by atoms with Crippen molar-refractivity contribution in [3.8, 4) is 0 Å². The highest BCUT2D eigenvalue weighted by Gasteiger charge is 2.11. The first kappa shape index (κ1) is 14.6. The SMILES string of the molecule is O=C(NCCNc1ncccn1)c1cccc(Cl)c1Cl. The quantitative estimate of drug-likeness (QED) is 0.833. The number of hydrogen-bond acceptors (Lipinski definition) is 4. The molecule has 1 heterocycles. The Morgan fingerprint density at radius 2 is 1.85 bits per heavy atom. The van der Waals surface area contributed by atoms with Crippen LogP contribution in [0.4, 0.5) is 5.95 Å². The van der Waals surface area contributed by atoms with Crippen LogP contribution >= 0.6 is 23.2 Å². The highest BCUT2D eigenvalue weighted by atomic mass is 35.5. The Bertz CT molecular complexity index is 592. The van der Waals surface area contributed by atoms with Crippen LogP contribution in [-0.4, -0.2) is 29.0 Å². The first-order chi connectivity index (χ1) is 9.68.